The van der Waals surface area contributed by atoms with Gasteiger partial charge in [0.15, 0.2) is 0 Å². The fourth-order valence-corrected chi connectivity index (χ4v) is 1.54. The summed E-state index contributed by atoms with van der Waals surface area (Å²) in [5.41, 5.74) is 0.253. The molecule has 2 atom stereocenters. The standard InChI is InChI=1S/C10H19NO/c1-7-9(12)5-8(6-11-7)10(2,3)4/h7-8,11H,5-6H2,1-4H3/t7-,8+/m1/s1. The zero-order valence-corrected chi connectivity index (χ0v) is 8.48. The molecule has 0 aromatic rings. The Morgan fingerprint density at radius 3 is 2.42 bits per heavy atom. The van der Waals surface area contributed by atoms with Gasteiger partial charge in [0.25, 0.3) is 0 Å². The van der Waals surface area contributed by atoms with E-state index in [0.29, 0.717) is 11.7 Å². The molecule has 0 aliphatic carbocycles. The van der Waals surface area contributed by atoms with Crippen molar-refractivity contribution in [2.45, 2.75) is 40.2 Å². The van der Waals surface area contributed by atoms with Crippen molar-refractivity contribution < 1.29 is 4.79 Å². The van der Waals surface area contributed by atoms with Gasteiger partial charge in [-0.25, -0.2) is 0 Å². The van der Waals surface area contributed by atoms with Gasteiger partial charge in [-0.05, 0) is 24.8 Å². The maximum atomic E-state index is 11.4. The van der Waals surface area contributed by atoms with Crippen molar-refractivity contribution in [3.63, 3.8) is 0 Å². The molecule has 0 aromatic heterocycles. The van der Waals surface area contributed by atoms with E-state index in [2.05, 4.69) is 26.1 Å². The molecule has 1 aliphatic rings. The summed E-state index contributed by atoms with van der Waals surface area (Å²) in [5, 5.41) is 3.24. The third-order valence-corrected chi connectivity index (χ3v) is 2.83. The van der Waals surface area contributed by atoms with Gasteiger partial charge in [-0.15, -0.1) is 0 Å². The van der Waals surface area contributed by atoms with Crippen LogP contribution in [0.4, 0.5) is 0 Å². The zero-order valence-electron chi connectivity index (χ0n) is 8.48. The Bertz CT molecular complexity index is 181. The number of nitrogens with one attached hydrogen (secondary N) is 1. The van der Waals surface area contributed by atoms with E-state index in [4.69, 9.17) is 0 Å². The molecule has 1 N–H and O–H groups in total. The molecule has 0 amide bonds. The van der Waals surface area contributed by atoms with Crippen LogP contribution >= 0.6 is 0 Å². The topological polar surface area (TPSA) is 29.1 Å². The lowest BCUT2D eigenvalue weighted by Gasteiger charge is -2.35. The van der Waals surface area contributed by atoms with Gasteiger partial charge in [-0.3, -0.25) is 4.79 Å². The normalized spacial score (nSPS) is 32.2. The average molecular weight is 169 g/mol. The number of rotatable bonds is 0. The van der Waals surface area contributed by atoms with E-state index in [-0.39, 0.29) is 11.5 Å². The predicted octanol–water partition coefficient (Wildman–Crippen LogP) is 1.60. The summed E-state index contributed by atoms with van der Waals surface area (Å²) in [6.45, 7) is 9.52. The zero-order chi connectivity index (χ0) is 9.35. The first-order valence-corrected chi connectivity index (χ1v) is 4.67. The highest BCUT2D eigenvalue weighted by Crippen LogP contribution is 2.30. The van der Waals surface area contributed by atoms with Gasteiger partial charge < -0.3 is 5.32 Å². The number of hydrogen-bond donors (Lipinski definition) is 1. The van der Waals surface area contributed by atoms with Crippen LogP contribution in [0.25, 0.3) is 0 Å². The molecule has 1 rings (SSSR count). The minimum Gasteiger partial charge on any atom is -0.307 e. The van der Waals surface area contributed by atoms with E-state index in [1.165, 1.54) is 0 Å². The molecule has 1 heterocycles. The smallest absolute Gasteiger partial charge is 0.149 e. The van der Waals surface area contributed by atoms with Gasteiger partial charge in [0.2, 0.25) is 0 Å². The van der Waals surface area contributed by atoms with Gasteiger partial charge >= 0.3 is 0 Å². The number of carbonyl (C=O) groups excluding carboxylic acids is 1. The molecule has 12 heavy (non-hydrogen) atoms. The van der Waals surface area contributed by atoms with Crippen molar-refractivity contribution in [1.82, 2.24) is 5.32 Å². The second kappa shape index (κ2) is 3.17. The monoisotopic (exact) mass is 169 g/mol. The molecule has 2 nitrogen and oxygen atoms in total. The van der Waals surface area contributed by atoms with E-state index in [1.807, 2.05) is 6.92 Å². The second-order valence-corrected chi connectivity index (χ2v) is 4.86. The third-order valence-electron chi connectivity index (χ3n) is 2.83. The fourth-order valence-electron chi connectivity index (χ4n) is 1.54. The summed E-state index contributed by atoms with van der Waals surface area (Å²) in [4.78, 5) is 11.4. The molecule has 1 aliphatic heterocycles. The van der Waals surface area contributed by atoms with E-state index in [1.54, 1.807) is 0 Å². The number of carbonyl (C=O) groups is 1. The summed E-state index contributed by atoms with van der Waals surface area (Å²) in [7, 11) is 0. The summed E-state index contributed by atoms with van der Waals surface area (Å²) in [5.74, 6) is 0.863. The Labute approximate surface area is 74.7 Å². The van der Waals surface area contributed by atoms with Crippen LogP contribution in [0.3, 0.4) is 0 Å². The molecule has 0 unspecified atom stereocenters. The molecule has 0 saturated carbocycles. The van der Waals surface area contributed by atoms with Crippen molar-refractivity contribution in [2.75, 3.05) is 6.54 Å². The van der Waals surface area contributed by atoms with Crippen LogP contribution in [-0.4, -0.2) is 18.4 Å². The van der Waals surface area contributed by atoms with Gasteiger partial charge in [0, 0.05) is 6.42 Å². The quantitative estimate of drug-likeness (QED) is 0.597. The first kappa shape index (κ1) is 9.72. The first-order valence-electron chi connectivity index (χ1n) is 4.67. The number of piperidine rings is 1. The lowest BCUT2D eigenvalue weighted by Crippen LogP contribution is -2.47. The molecule has 70 valence electrons. The molecular formula is C10H19NO. The maximum absolute atomic E-state index is 11.4. The number of hydrogen-bond acceptors (Lipinski definition) is 2. The van der Waals surface area contributed by atoms with Crippen LogP contribution in [0.5, 0.6) is 0 Å². The first-order chi connectivity index (χ1) is 5.41. The van der Waals surface area contributed by atoms with Crippen molar-refractivity contribution in [2.24, 2.45) is 11.3 Å². The Balaban J connectivity index is 2.57. The summed E-state index contributed by atoms with van der Waals surface area (Å²) in [6.07, 6.45) is 0.748. The Morgan fingerprint density at radius 1 is 1.42 bits per heavy atom. The van der Waals surface area contributed by atoms with Crippen molar-refractivity contribution in [3.8, 4) is 0 Å². The summed E-state index contributed by atoms with van der Waals surface area (Å²) < 4.78 is 0. The van der Waals surface area contributed by atoms with Crippen LogP contribution in [-0.2, 0) is 4.79 Å². The molecule has 0 spiro atoms. The Morgan fingerprint density at radius 2 is 2.00 bits per heavy atom. The summed E-state index contributed by atoms with van der Waals surface area (Å²) in [6, 6.07) is 0.0728. The average Bonchev–Trinajstić information content (AvgIpc) is 1.92. The lowest BCUT2D eigenvalue weighted by atomic mass is 9.75. The number of Topliss-reactive ketones (excluding diaryl/α,β-unsaturated/α-hetero) is 1. The molecular weight excluding hydrogens is 150 g/mol. The van der Waals surface area contributed by atoms with E-state index < -0.39 is 0 Å². The van der Waals surface area contributed by atoms with Crippen molar-refractivity contribution in [3.05, 3.63) is 0 Å². The van der Waals surface area contributed by atoms with Crippen LogP contribution in [0.1, 0.15) is 34.1 Å². The third kappa shape index (κ3) is 2.07. The van der Waals surface area contributed by atoms with Crippen LogP contribution in [0, 0.1) is 11.3 Å². The molecule has 2 heteroatoms. The van der Waals surface area contributed by atoms with Gasteiger partial charge in [0.1, 0.15) is 5.78 Å². The fraction of sp³-hybridized carbons (Fsp3) is 0.900. The van der Waals surface area contributed by atoms with E-state index in [0.717, 1.165) is 13.0 Å². The Kier molecular flexibility index (Phi) is 2.57. The highest BCUT2D eigenvalue weighted by molar-refractivity contribution is 5.84. The maximum Gasteiger partial charge on any atom is 0.149 e. The number of ketones is 1. The highest BCUT2D eigenvalue weighted by Gasteiger charge is 2.32. The molecule has 0 bridgehead atoms. The van der Waals surface area contributed by atoms with Crippen molar-refractivity contribution >= 4 is 5.78 Å². The molecule has 1 fully saturated rings. The van der Waals surface area contributed by atoms with Crippen LogP contribution in [0.15, 0.2) is 0 Å². The lowest BCUT2D eigenvalue weighted by molar-refractivity contribution is -0.124. The van der Waals surface area contributed by atoms with Crippen LogP contribution in [0.2, 0.25) is 0 Å². The van der Waals surface area contributed by atoms with Gasteiger partial charge in [-0.1, -0.05) is 20.8 Å². The molecule has 0 radical (unpaired) electrons. The molecule has 1 saturated heterocycles. The van der Waals surface area contributed by atoms with E-state index in [9.17, 15) is 4.79 Å². The Hall–Kier alpha value is -0.370. The van der Waals surface area contributed by atoms with Crippen LogP contribution < -0.4 is 5.32 Å². The second-order valence-electron chi connectivity index (χ2n) is 4.86. The van der Waals surface area contributed by atoms with Gasteiger partial charge in [-0.2, -0.15) is 0 Å². The van der Waals surface area contributed by atoms with Crippen molar-refractivity contribution in [1.29, 1.82) is 0 Å². The highest BCUT2D eigenvalue weighted by atomic mass is 16.1. The largest absolute Gasteiger partial charge is 0.307 e. The predicted molar refractivity (Wildman–Crippen MR) is 50.0 cm³/mol. The SMILES string of the molecule is C[C@H]1NC[C@@H](C(C)(C)C)CC1=O. The molecule has 0 aromatic carbocycles. The van der Waals surface area contributed by atoms with E-state index >= 15 is 0 Å². The minimum absolute atomic E-state index is 0.0728. The summed E-state index contributed by atoms with van der Waals surface area (Å²) >= 11 is 0. The minimum atomic E-state index is 0.0728. The van der Waals surface area contributed by atoms with Gasteiger partial charge in [0.05, 0.1) is 6.04 Å².